The second-order valence-corrected chi connectivity index (χ2v) is 5.54. The smallest absolute Gasteiger partial charge is 0.410 e. The summed E-state index contributed by atoms with van der Waals surface area (Å²) in [4.78, 5) is 25.5. The molecule has 0 aromatic heterocycles. The Kier molecular flexibility index (Phi) is 5.14. The van der Waals surface area contributed by atoms with E-state index in [0.29, 0.717) is 19.6 Å². The van der Waals surface area contributed by atoms with Gasteiger partial charge in [0.25, 0.3) is 0 Å². The Bertz CT molecular complexity index is 309. The van der Waals surface area contributed by atoms with Crippen LogP contribution in [0.2, 0.25) is 0 Å². The lowest BCUT2D eigenvalue weighted by Crippen LogP contribution is -2.43. The van der Waals surface area contributed by atoms with Gasteiger partial charge in [-0.25, -0.2) is 4.79 Å². The van der Waals surface area contributed by atoms with Crippen LogP contribution in [0.4, 0.5) is 4.79 Å². The molecule has 0 N–H and O–H groups in total. The third-order valence-electron chi connectivity index (χ3n) is 2.81. The van der Waals surface area contributed by atoms with Gasteiger partial charge in [0, 0.05) is 20.1 Å². The van der Waals surface area contributed by atoms with Crippen LogP contribution in [-0.4, -0.2) is 48.7 Å². The number of amides is 1. The second-order valence-electron chi connectivity index (χ2n) is 5.54. The van der Waals surface area contributed by atoms with Crippen LogP contribution in [-0.2, 0) is 14.3 Å². The number of ether oxygens (including phenoxy) is 2. The number of hydrogen-bond donors (Lipinski definition) is 0. The predicted octanol–water partition coefficient (Wildman–Crippen LogP) is 1.99. The normalized spacial score (nSPS) is 20.0. The van der Waals surface area contributed by atoms with Gasteiger partial charge in [-0.1, -0.05) is 0 Å². The number of carbonyl (C=O) groups is 2. The number of carbonyl (C=O) groups excluding carboxylic acids is 2. The molecule has 1 saturated heterocycles. The maximum absolute atomic E-state index is 12.0. The summed E-state index contributed by atoms with van der Waals surface area (Å²) >= 11 is 0. The number of likely N-dealkylation sites (tertiary alicyclic amines) is 1. The quantitative estimate of drug-likeness (QED) is 0.773. The minimum atomic E-state index is -0.528. The van der Waals surface area contributed by atoms with Crippen molar-refractivity contribution in [2.75, 3.05) is 20.3 Å². The molecule has 0 radical (unpaired) electrons. The summed E-state index contributed by atoms with van der Waals surface area (Å²) in [6.45, 7) is 6.46. The number of rotatable bonds is 4. The molecule has 1 aliphatic rings. The Morgan fingerprint density at radius 2 is 2.00 bits per heavy atom. The molecule has 1 fully saturated rings. The number of methoxy groups -OCH3 is 1. The highest BCUT2D eigenvalue weighted by Crippen LogP contribution is 2.22. The van der Waals surface area contributed by atoms with Gasteiger partial charge in [0.15, 0.2) is 5.78 Å². The molecule has 5 heteroatoms. The van der Waals surface area contributed by atoms with Gasteiger partial charge < -0.3 is 9.47 Å². The molecular weight excluding hydrogens is 234 g/mol. The van der Waals surface area contributed by atoms with Gasteiger partial charge in [-0.05, 0) is 33.6 Å². The zero-order valence-electron chi connectivity index (χ0n) is 11.7. The molecule has 0 aromatic carbocycles. The van der Waals surface area contributed by atoms with E-state index in [1.54, 1.807) is 12.0 Å². The van der Waals surface area contributed by atoms with Gasteiger partial charge in [0.1, 0.15) is 5.60 Å². The third-order valence-corrected chi connectivity index (χ3v) is 2.81. The van der Waals surface area contributed by atoms with Crippen LogP contribution in [0.5, 0.6) is 0 Å². The van der Waals surface area contributed by atoms with Crippen LogP contribution in [0.15, 0.2) is 0 Å². The van der Waals surface area contributed by atoms with Gasteiger partial charge in [-0.15, -0.1) is 0 Å². The molecule has 18 heavy (non-hydrogen) atoms. The lowest BCUT2D eigenvalue weighted by atomic mass is 10.1. The highest BCUT2D eigenvalue weighted by Gasteiger charge is 2.35. The fourth-order valence-corrected chi connectivity index (χ4v) is 2.01. The van der Waals surface area contributed by atoms with Crippen LogP contribution in [0.25, 0.3) is 0 Å². The summed E-state index contributed by atoms with van der Waals surface area (Å²) in [5.74, 6) is 0.0557. The zero-order chi connectivity index (χ0) is 13.8. The van der Waals surface area contributed by atoms with E-state index in [-0.39, 0.29) is 11.8 Å². The molecule has 5 nitrogen and oxygen atoms in total. The lowest BCUT2D eigenvalue weighted by Gasteiger charge is -2.27. The van der Waals surface area contributed by atoms with Crippen LogP contribution < -0.4 is 0 Å². The second kappa shape index (κ2) is 6.18. The van der Waals surface area contributed by atoms with Gasteiger partial charge in [-0.3, -0.25) is 9.69 Å². The monoisotopic (exact) mass is 257 g/mol. The molecule has 104 valence electrons. The van der Waals surface area contributed by atoms with Crippen molar-refractivity contribution in [1.82, 2.24) is 4.90 Å². The van der Waals surface area contributed by atoms with Crippen molar-refractivity contribution in [2.24, 2.45) is 0 Å². The maximum atomic E-state index is 12.0. The molecule has 0 aliphatic carbocycles. The molecule has 1 amide bonds. The zero-order valence-corrected chi connectivity index (χ0v) is 11.7. The summed E-state index contributed by atoms with van der Waals surface area (Å²) < 4.78 is 10.2. The van der Waals surface area contributed by atoms with Crippen LogP contribution in [0.3, 0.4) is 0 Å². The van der Waals surface area contributed by atoms with Gasteiger partial charge >= 0.3 is 6.09 Å². The maximum Gasteiger partial charge on any atom is 0.410 e. The Morgan fingerprint density at radius 3 is 2.56 bits per heavy atom. The largest absolute Gasteiger partial charge is 0.444 e. The molecule has 0 spiro atoms. The van der Waals surface area contributed by atoms with Crippen LogP contribution >= 0.6 is 0 Å². The molecular formula is C13H23NO4. The van der Waals surface area contributed by atoms with Crippen LogP contribution in [0.1, 0.15) is 40.0 Å². The molecule has 1 unspecified atom stereocenters. The van der Waals surface area contributed by atoms with Crippen molar-refractivity contribution in [3.63, 3.8) is 0 Å². The Hall–Kier alpha value is -1.10. The minimum absolute atomic E-state index is 0.0557. The van der Waals surface area contributed by atoms with Crippen molar-refractivity contribution < 1.29 is 19.1 Å². The van der Waals surface area contributed by atoms with E-state index in [9.17, 15) is 9.59 Å². The van der Waals surface area contributed by atoms with E-state index in [2.05, 4.69) is 0 Å². The Morgan fingerprint density at radius 1 is 1.33 bits per heavy atom. The van der Waals surface area contributed by atoms with E-state index >= 15 is 0 Å². The van der Waals surface area contributed by atoms with E-state index in [1.165, 1.54) is 0 Å². The molecule has 0 saturated carbocycles. The number of hydrogen-bond acceptors (Lipinski definition) is 4. The Labute approximate surface area is 108 Å². The van der Waals surface area contributed by atoms with E-state index in [0.717, 1.165) is 12.8 Å². The van der Waals surface area contributed by atoms with Gasteiger partial charge in [0.2, 0.25) is 0 Å². The topological polar surface area (TPSA) is 55.8 Å². The predicted molar refractivity (Wildman–Crippen MR) is 67.5 cm³/mol. The minimum Gasteiger partial charge on any atom is -0.444 e. The van der Waals surface area contributed by atoms with Crippen molar-refractivity contribution in [3.8, 4) is 0 Å². The van der Waals surface area contributed by atoms with E-state index < -0.39 is 11.7 Å². The molecule has 1 rings (SSSR count). The summed E-state index contributed by atoms with van der Waals surface area (Å²) in [6.07, 6.45) is 1.53. The van der Waals surface area contributed by atoms with E-state index in [1.807, 2.05) is 20.8 Å². The van der Waals surface area contributed by atoms with E-state index in [4.69, 9.17) is 9.47 Å². The fourth-order valence-electron chi connectivity index (χ4n) is 2.01. The first-order chi connectivity index (χ1) is 8.35. The van der Waals surface area contributed by atoms with Crippen molar-refractivity contribution in [1.29, 1.82) is 0 Å². The standard InChI is InChI=1S/C13H23NO4/c1-13(2,3)18-12(16)14-8-5-6-10(14)11(15)7-9-17-4/h10H,5-9H2,1-4H3. The number of Topliss-reactive ketones (excluding diaryl/α,β-unsaturated/α-hetero) is 1. The van der Waals surface area contributed by atoms with Crippen LogP contribution in [0, 0.1) is 0 Å². The highest BCUT2D eigenvalue weighted by atomic mass is 16.6. The average molecular weight is 257 g/mol. The first-order valence-corrected chi connectivity index (χ1v) is 6.36. The molecule has 1 aliphatic heterocycles. The summed E-state index contributed by atoms with van der Waals surface area (Å²) in [6, 6.07) is -0.338. The third kappa shape index (κ3) is 4.29. The summed E-state index contributed by atoms with van der Waals surface area (Å²) in [5.41, 5.74) is -0.528. The summed E-state index contributed by atoms with van der Waals surface area (Å²) in [7, 11) is 1.56. The molecule has 1 atom stereocenters. The first kappa shape index (κ1) is 15.0. The summed E-state index contributed by atoms with van der Waals surface area (Å²) in [5, 5.41) is 0. The first-order valence-electron chi connectivity index (χ1n) is 6.36. The highest BCUT2D eigenvalue weighted by molar-refractivity contribution is 5.88. The molecule has 0 bridgehead atoms. The lowest BCUT2D eigenvalue weighted by molar-refractivity contribution is -0.124. The van der Waals surface area contributed by atoms with Crippen molar-refractivity contribution in [2.45, 2.75) is 51.7 Å². The SMILES string of the molecule is COCCC(=O)C1CCCN1C(=O)OC(C)(C)C. The van der Waals surface area contributed by atoms with Gasteiger partial charge in [-0.2, -0.15) is 0 Å². The van der Waals surface area contributed by atoms with Crippen molar-refractivity contribution >= 4 is 11.9 Å². The molecule has 1 heterocycles. The number of ketones is 1. The van der Waals surface area contributed by atoms with Gasteiger partial charge in [0.05, 0.1) is 12.6 Å². The molecule has 0 aromatic rings. The van der Waals surface area contributed by atoms with Crippen molar-refractivity contribution in [3.05, 3.63) is 0 Å². The average Bonchev–Trinajstić information content (AvgIpc) is 2.72. The fraction of sp³-hybridized carbons (Fsp3) is 0.846. The number of nitrogens with zero attached hydrogens (tertiary/aromatic N) is 1. The Balaban J connectivity index is 2.59.